The summed E-state index contributed by atoms with van der Waals surface area (Å²) in [6.07, 6.45) is 2.66. The molecule has 1 aliphatic carbocycles. The van der Waals surface area contributed by atoms with Crippen LogP contribution >= 0.6 is 0 Å². The molecule has 0 N–H and O–H groups in total. The van der Waals surface area contributed by atoms with Gasteiger partial charge in [0, 0.05) is 6.42 Å². The summed E-state index contributed by atoms with van der Waals surface area (Å²) in [4.78, 5) is 12.9. The van der Waals surface area contributed by atoms with Crippen molar-refractivity contribution >= 4 is 5.91 Å². The van der Waals surface area contributed by atoms with E-state index in [4.69, 9.17) is 4.42 Å². The lowest BCUT2D eigenvalue weighted by Gasteiger charge is -2.24. The number of allylic oxidation sites excluding steroid dienone is 2. The molecule has 0 saturated carbocycles. The molecule has 1 amide bonds. The van der Waals surface area contributed by atoms with Crippen LogP contribution in [0.1, 0.15) is 25.0 Å². The Morgan fingerprint density at radius 3 is 2.80 bits per heavy atom. The second kappa shape index (κ2) is 6.15. The van der Waals surface area contributed by atoms with Gasteiger partial charge in [-0.15, -0.1) is 0 Å². The summed E-state index contributed by atoms with van der Waals surface area (Å²) in [7, 11) is 0. The number of hydrogen-bond donors (Lipinski definition) is 0. The minimum absolute atomic E-state index is 0.0508. The number of amides is 1. The maximum Gasteiger partial charge on any atom is 0.406 e. The van der Waals surface area contributed by atoms with Gasteiger partial charge in [0.15, 0.2) is 0 Å². The van der Waals surface area contributed by atoms with Gasteiger partial charge >= 0.3 is 6.18 Å². The highest BCUT2D eigenvalue weighted by atomic mass is 19.4. The Morgan fingerprint density at radius 2 is 2.25 bits per heavy atom. The van der Waals surface area contributed by atoms with Gasteiger partial charge < -0.3 is 9.32 Å². The Bertz CT molecular complexity index is 465. The Kier molecular flexibility index (Phi) is 4.52. The van der Waals surface area contributed by atoms with E-state index in [2.05, 4.69) is 0 Å². The Balaban J connectivity index is 2.00. The molecule has 2 rings (SSSR count). The number of carbonyl (C=O) groups is 1. The Morgan fingerprint density at radius 1 is 1.45 bits per heavy atom. The third-order valence-electron chi connectivity index (χ3n) is 3.20. The third-order valence-corrected chi connectivity index (χ3v) is 3.20. The predicted octanol–water partition coefficient (Wildman–Crippen LogP) is 3.53. The van der Waals surface area contributed by atoms with E-state index < -0.39 is 18.6 Å². The highest BCUT2D eigenvalue weighted by Gasteiger charge is 2.33. The number of furan rings is 1. The van der Waals surface area contributed by atoms with Crippen LogP contribution in [-0.4, -0.2) is 23.5 Å². The molecule has 0 aliphatic heterocycles. The zero-order valence-corrected chi connectivity index (χ0v) is 10.9. The molecule has 1 aromatic heterocycles. The van der Waals surface area contributed by atoms with E-state index in [1.54, 1.807) is 12.1 Å². The number of alkyl halides is 3. The molecule has 1 atom stereocenters. The standard InChI is InChI=1S/C14H16F3NO2/c15-14(16,17)10-18(9-12-6-3-7-20-12)13(19)8-11-4-1-2-5-11/h1,3-4,6-7,11H,2,5,8-10H2. The van der Waals surface area contributed by atoms with Crippen LogP contribution in [0.25, 0.3) is 0 Å². The number of nitrogens with zero attached hydrogens (tertiary/aromatic N) is 1. The molecule has 3 nitrogen and oxygen atoms in total. The van der Waals surface area contributed by atoms with Gasteiger partial charge in [-0.3, -0.25) is 4.79 Å². The summed E-state index contributed by atoms with van der Waals surface area (Å²) in [5.74, 6) is -0.0883. The molecule has 6 heteroatoms. The van der Waals surface area contributed by atoms with Crippen molar-refractivity contribution in [3.63, 3.8) is 0 Å². The molecule has 0 aromatic carbocycles. The van der Waals surface area contributed by atoms with Crippen LogP contribution in [0.15, 0.2) is 35.0 Å². The Hall–Kier alpha value is -1.72. The van der Waals surface area contributed by atoms with Crippen molar-refractivity contribution < 1.29 is 22.4 Å². The summed E-state index contributed by atoms with van der Waals surface area (Å²) in [6, 6.07) is 3.15. The van der Waals surface area contributed by atoms with Crippen molar-refractivity contribution in [2.75, 3.05) is 6.54 Å². The van der Waals surface area contributed by atoms with Gasteiger partial charge in [0.2, 0.25) is 5.91 Å². The van der Waals surface area contributed by atoms with Crippen LogP contribution in [0.3, 0.4) is 0 Å². The van der Waals surface area contributed by atoms with Crippen molar-refractivity contribution in [1.29, 1.82) is 0 Å². The molecule has 0 spiro atoms. The van der Waals surface area contributed by atoms with Crippen LogP contribution in [-0.2, 0) is 11.3 Å². The van der Waals surface area contributed by atoms with E-state index in [1.165, 1.54) is 6.26 Å². The van der Waals surface area contributed by atoms with Crippen LogP contribution in [0.2, 0.25) is 0 Å². The first kappa shape index (κ1) is 14.7. The zero-order chi connectivity index (χ0) is 14.6. The fourth-order valence-electron chi connectivity index (χ4n) is 2.26. The van der Waals surface area contributed by atoms with E-state index in [-0.39, 0.29) is 18.9 Å². The lowest BCUT2D eigenvalue weighted by atomic mass is 10.0. The predicted molar refractivity (Wildman–Crippen MR) is 66.7 cm³/mol. The summed E-state index contributed by atoms with van der Waals surface area (Å²) in [5, 5.41) is 0. The van der Waals surface area contributed by atoms with Crippen LogP contribution in [0, 0.1) is 5.92 Å². The summed E-state index contributed by atoms with van der Waals surface area (Å²) in [6.45, 7) is -1.40. The average molecular weight is 287 g/mol. The molecule has 20 heavy (non-hydrogen) atoms. The monoisotopic (exact) mass is 287 g/mol. The second-order valence-corrected chi connectivity index (χ2v) is 4.91. The van der Waals surface area contributed by atoms with Crippen molar-refractivity contribution in [2.24, 2.45) is 5.92 Å². The average Bonchev–Trinajstić information content (AvgIpc) is 2.99. The molecule has 0 fully saturated rings. The number of rotatable bonds is 5. The lowest BCUT2D eigenvalue weighted by molar-refractivity contribution is -0.163. The van der Waals surface area contributed by atoms with Gasteiger partial charge in [-0.05, 0) is 30.9 Å². The first-order valence-corrected chi connectivity index (χ1v) is 6.47. The topological polar surface area (TPSA) is 33.5 Å². The minimum Gasteiger partial charge on any atom is -0.467 e. The van der Waals surface area contributed by atoms with Gasteiger partial charge in [0.05, 0.1) is 12.8 Å². The van der Waals surface area contributed by atoms with E-state index in [1.807, 2.05) is 12.2 Å². The molecule has 1 aliphatic rings. The fraction of sp³-hybridized carbons (Fsp3) is 0.500. The van der Waals surface area contributed by atoms with Crippen LogP contribution in [0.5, 0.6) is 0 Å². The molecule has 0 radical (unpaired) electrons. The SMILES string of the molecule is O=C(CC1C=CCC1)N(Cc1ccco1)CC(F)(F)F. The summed E-state index contributed by atoms with van der Waals surface area (Å²) in [5.41, 5.74) is 0. The fourth-order valence-corrected chi connectivity index (χ4v) is 2.26. The van der Waals surface area contributed by atoms with E-state index in [0.29, 0.717) is 5.76 Å². The molecular weight excluding hydrogens is 271 g/mol. The quantitative estimate of drug-likeness (QED) is 0.776. The molecule has 0 bridgehead atoms. The summed E-state index contributed by atoms with van der Waals surface area (Å²) >= 11 is 0. The lowest BCUT2D eigenvalue weighted by Crippen LogP contribution is -2.39. The molecule has 1 aromatic rings. The maximum atomic E-state index is 12.6. The number of carbonyl (C=O) groups excluding carboxylic acids is 1. The van der Waals surface area contributed by atoms with E-state index in [9.17, 15) is 18.0 Å². The zero-order valence-electron chi connectivity index (χ0n) is 10.9. The molecular formula is C14H16F3NO2. The van der Waals surface area contributed by atoms with Crippen LogP contribution < -0.4 is 0 Å². The first-order chi connectivity index (χ1) is 9.44. The summed E-state index contributed by atoms with van der Waals surface area (Å²) < 4.78 is 42.7. The number of halogens is 3. The number of hydrogen-bond acceptors (Lipinski definition) is 2. The molecule has 110 valence electrons. The van der Waals surface area contributed by atoms with Crippen molar-refractivity contribution in [3.8, 4) is 0 Å². The van der Waals surface area contributed by atoms with E-state index in [0.717, 1.165) is 17.7 Å². The minimum atomic E-state index is -4.41. The normalized spacial score (nSPS) is 18.4. The van der Waals surface area contributed by atoms with E-state index >= 15 is 0 Å². The maximum absolute atomic E-state index is 12.6. The van der Waals surface area contributed by atoms with Crippen molar-refractivity contribution in [2.45, 2.75) is 32.0 Å². The van der Waals surface area contributed by atoms with Gasteiger partial charge in [0.1, 0.15) is 12.3 Å². The smallest absolute Gasteiger partial charge is 0.406 e. The first-order valence-electron chi connectivity index (χ1n) is 6.47. The van der Waals surface area contributed by atoms with Gasteiger partial charge in [0.25, 0.3) is 0 Å². The Labute approximate surface area is 115 Å². The highest BCUT2D eigenvalue weighted by Crippen LogP contribution is 2.24. The highest BCUT2D eigenvalue weighted by molar-refractivity contribution is 5.76. The van der Waals surface area contributed by atoms with Crippen LogP contribution in [0.4, 0.5) is 13.2 Å². The molecule has 1 unspecified atom stereocenters. The van der Waals surface area contributed by atoms with Gasteiger partial charge in [-0.2, -0.15) is 13.2 Å². The largest absolute Gasteiger partial charge is 0.467 e. The van der Waals surface area contributed by atoms with Gasteiger partial charge in [-0.1, -0.05) is 12.2 Å². The van der Waals surface area contributed by atoms with Crippen molar-refractivity contribution in [3.05, 3.63) is 36.3 Å². The molecule has 1 heterocycles. The van der Waals surface area contributed by atoms with Gasteiger partial charge in [-0.25, -0.2) is 0 Å². The third kappa shape index (κ3) is 4.43. The van der Waals surface area contributed by atoms with Crippen molar-refractivity contribution in [1.82, 2.24) is 4.90 Å². The second-order valence-electron chi connectivity index (χ2n) is 4.91. The molecule has 0 saturated heterocycles.